The van der Waals surface area contributed by atoms with Crippen LogP contribution in [0.3, 0.4) is 0 Å². The summed E-state index contributed by atoms with van der Waals surface area (Å²) in [6.07, 6.45) is 0.256. The van der Waals surface area contributed by atoms with E-state index in [2.05, 4.69) is 49.7 Å². The minimum absolute atomic E-state index is 0.0684. The van der Waals surface area contributed by atoms with E-state index in [4.69, 9.17) is 4.74 Å². The number of anilines is 1. The lowest BCUT2D eigenvalue weighted by molar-refractivity contribution is -0.697. The SMILES string of the molecule is CN(C)c1ccc([C@H]2[NH2+]C[C@@H](CSc3n[nH]c(-c4ccccc4)n3)O2)cc1. The van der Waals surface area contributed by atoms with Crippen LogP contribution in [0.2, 0.25) is 0 Å². The molecule has 27 heavy (non-hydrogen) atoms. The molecule has 0 saturated carbocycles. The van der Waals surface area contributed by atoms with Gasteiger partial charge in [-0.2, -0.15) is 0 Å². The number of nitrogens with zero attached hydrogens (tertiary/aromatic N) is 3. The summed E-state index contributed by atoms with van der Waals surface area (Å²) in [7, 11) is 4.10. The van der Waals surface area contributed by atoms with Crippen LogP contribution in [0, 0.1) is 0 Å². The van der Waals surface area contributed by atoms with E-state index in [0.29, 0.717) is 0 Å². The highest BCUT2D eigenvalue weighted by molar-refractivity contribution is 7.99. The molecule has 3 aromatic rings. The summed E-state index contributed by atoms with van der Waals surface area (Å²) in [5, 5.41) is 10.3. The predicted octanol–water partition coefficient (Wildman–Crippen LogP) is 2.29. The molecule has 0 aliphatic carbocycles. The molecule has 140 valence electrons. The summed E-state index contributed by atoms with van der Waals surface area (Å²) in [5.74, 6) is 1.64. The van der Waals surface area contributed by atoms with Crippen molar-refractivity contribution in [3.05, 3.63) is 60.2 Å². The van der Waals surface area contributed by atoms with Gasteiger partial charge in [0.2, 0.25) is 11.4 Å². The first-order valence-electron chi connectivity index (χ1n) is 9.06. The van der Waals surface area contributed by atoms with Crippen molar-refractivity contribution < 1.29 is 10.1 Å². The van der Waals surface area contributed by atoms with Crippen molar-refractivity contribution in [2.45, 2.75) is 17.5 Å². The standard InChI is InChI=1S/C20H23N5OS/c1-25(2)16-10-8-15(9-11-16)19-21-12-17(26-19)13-27-20-22-18(23-24-20)14-6-4-3-5-7-14/h3-11,17,19,21H,12-13H2,1-2H3,(H,22,23,24)/p+1/t17-,19-/m0/s1. The Balaban J connectivity index is 1.31. The third kappa shape index (κ3) is 4.32. The second-order valence-corrected chi connectivity index (χ2v) is 7.77. The average Bonchev–Trinajstić information content (AvgIpc) is 3.37. The number of nitrogens with two attached hydrogens (primary N) is 1. The molecule has 0 bridgehead atoms. The fourth-order valence-electron chi connectivity index (χ4n) is 3.08. The molecule has 1 aliphatic rings. The maximum atomic E-state index is 6.21. The Morgan fingerprint density at radius 2 is 1.93 bits per heavy atom. The molecule has 0 spiro atoms. The molecule has 1 aromatic heterocycles. The summed E-state index contributed by atoms with van der Waals surface area (Å²) in [6.45, 7) is 0.947. The van der Waals surface area contributed by atoms with Gasteiger partial charge in [-0.05, 0) is 24.3 Å². The number of nitrogens with one attached hydrogen (secondary N) is 1. The molecule has 2 heterocycles. The first kappa shape index (κ1) is 18.0. The first-order valence-corrected chi connectivity index (χ1v) is 10.0. The lowest BCUT2D eigenvalue weighted by Crippen LogP contribution is -2.82. The van der Waals surface area contributed by atoms with Gasteiger partial charge in [0, 0.05) is 36.7 Å². The van der Waals surface area contributed by atoms with E-state index in [1.165, 1.54) is 11.3 Å². The Hall–Kier alpha value is -2.35. The lowest BCUT2D eigenvalue weighted by atomic mass is 10.2. The van der Waals surface area contributed by atoms with Crippen LogP contribution in [0.1, 0.15) is 11.8 Å². The van der Waals surface area contributed by atoms with Crippen LogP contribution in [-0.2, 0) is 4.74 Å². The molecule has 3 N–H and O–H groups in total. The zero-order valence-corrected chi connectivity index (χ0v) is 16.3. The van der Waals surface area contributed by atoms with Gasteiger partial charge < -0.3 is 15.0 Å². The topological polar surface area (TPSA) is 70.7 Å². The molecule has 4 rings (SSSR count). The van der Waals surface area contributed by atoms with Crippen LogP contribution in [0.5, 0.6) is 0 Å². The quantitative estimate of drug-likeness (QED) is 0.640. The van der Waals surface area contributed by atoms with E-state index in [0.717, 1.165) is 28.8 Å². The second kappa shape index (κ2) is 8.12. The Kier molecular flexibility index (Phi) is 5.42. The molecule has 0 unspecified atom stereocenters. The van der Waals surface area contributed by atoms with E-state index in [1.54, 1.807) is 11.8 Å². The number of quaternary nitrogens is 1. The number of thioether (sulfide) groups is 1. The summed E-state index contributed by atoms with van der Waals surface area (Å²) < 4.78 is 6.21. The van der Waals surface area contributed by atoms with Crippen LogP contribution in [0.15, 0.2) is 59.8 Å². The Morgan fingerprint density at radius 1 is 1.15 bits per heavy atom. The molecule has 0 radical (unpaired) electrons. The van der Waals surface area contributed by atoms with Crippen molar-refractivity contribution in [1.82, 2.24) is 15.2 Å². The third-order valence-corrected chi connectivity index (χ3v) is 5.58. The zero-order chi connectivity index (χ0) is 18.6. The third-order valence-electron chi connectivity index (χ3n) is 4.60. The summed E-state index contributed by atoms with van der Waals surface area (Å²) in [6, 6.07) is 18.6. The van der Waals surface area contributed by atoms with Gasteiger partial charge in [-0.1, -0.05) is 42.1 Å². The van der Waals surface area contributed by atoms with E-state index in [-0.39, 0.29) is 12.3 Å². The molecule has 0 amide bonds. The van der Waals surface area contributed by atoms with Crippen LogP contribution < -0.4 is 10.2 Å². The monoisotopic (exact) mass is 382 g/mol. The van der Waals surface area contributed by atoms with Crippen molar-refractivity contribution in [2.75, 3.05) is 31.3 Å². The van der Waals surface area contributed by atoms with Crippen LogP contribution in [-0.4, -0.2) is 47.7 Å². The largest absolute Gasteiger partial charge is 0.378 e. The van der Waals surface area contributed by atoms with Crippen molar-refractivity contribution in [3.8, 4) is 11.4 Å². The van der Waals surface area contributed by atoms with Crippen molar-refractivity contribution in [2.24, 2.45) is 0 Å². The van der Waals surface area contributed by atoms with Gasteiger partial charge >= 0.3 is 0 Å². The molecular weight excluding hydrogens is 358 g/mol. The van der Waals surface area contributed by atoms with Gasteiger partial charge in [0.15, 0.2) is 5.82 Å². The highest BCUT2D eigenvalue weighted by Crippen LogP contribution is 2.24. The molecule has 2 atom stereocenters. The lowest BCUT2D eigenvalue weighted by Gasteiger charge is -2.14. The van der Waals surface area contributed by atoms with Crippen molar-refractivity contribution >= 4 is 17.4 Å². The summed E-state index contributed by atoms with van der Waals surface area (Å²) in [4.78, 5) is 6.67. The van der Waals surface area contributed by atoms with E-state index in [9.17, 15) is 0 Å². The summed E-state index contributed by atoms with van der Waals surface area (Å²) >= 11 is 1.63. The minimum atomic E-state index is 0.0684. The number of benzene rings is 2. The average molecular weight is 383 g/mol. The number of H-pyrrole nitrogens is 1. The predicted molar refractivity (Wildman–Crippen MR) is 108 cm³/mol. The van der Waals surface area contributed by atoms with Gasteiger partial charge in [0.05, 0.1) is 0 Å². The molecule has 6 nitrogen and oxygen atoms in total. The Bertz CT molecular complexity index is 866. The molecule has 1 saturated heterocycles. The maximum absolute atomic E-state index is 6.21. The first-order chi connectivity index (χ1) is 13.2. The number of aromatic nitrogens is 3. The second-order valence-electron chi connectivity index (χ2n) is 6.78. The highest BCUT2D eigenvalue weighted by Gasteiger charge is 2.30. The van der Waals surface area contributed by atoms with Gasteiger partial charge in [-0.15, -0.1) is 5.10 Å². The molecule has 2 aromatic carbocycles. The van der Waals surface area contributed by atoms with Crippen LogP contribution in [0.4, 0.5) is 5.69 Å². The van der Waals surface area contributed by atoms with Gasteiger partial charge in [0.1, 0.15) is 12.6 Å². The van der Waals surface area contributed by atoms with Gasteiger partial charge in [0.25, 0.3) is 0 Å². The number of hydrogen-bond acceptors (Lipinski definition) is 5. The van der Waals surface area contributed by atoms with Gasteiger partial charge in [-0.25, -0.2) is 4.98 Å². The van der Waals surface area contributed by atoms with Crippen LogP contribution in [0.25, 0.3) is 11.4 Å². The summed E-state index contributed by atoms with van der Waals surface area (Å²) in [5.41, 5.74) is 3.45. The molecular formula is C20H24N5OS+. The van der Waals surface area contributed by atoms with E-state index in [1.807, 2.05) is 44.4 Å². The highest BCUT2D eigenvalue weighted by atomic mass is 32.2. The zero-order valence-electron chi connectivity index (χ0n) is 15.5. The van der Waals surface area contributed by atoms with Crippen molar-refractivity contribution in [3.63, 3.8) is 0 Å². The molecule has 1 fully saturated rings. The molecule has 1 aliphatic heterocycles. The maximum Gasteiger partial charge on any atom is 0.217 e. The van der Waals surface area contributed by atoms with E-state index >= 15 is 0 Å². The fourth-order valence-corrected chi connectivity index (χ4v) is 3.90. The normalized spacial score (nSPS) is 19.3. The van der Waals surface area contributed by atoms with Crippen LogP contribution >= 0.6 is 11.8 Å². The Morgan fingerprint density at radius 3 is 2.67 bits per heavy atom. The number of ether oxygens (including phenoxy) is 1. The smallest absolute Gasteiger partial charge is 0.217 e. The van der Waals surface area contributed by atoms with Crippen molar-refractivity contribution in [1.29, 1.82) is 0 Å². The Labute approximate surface area is 163 Å². The number of aromatic amines is 1. The number of hydrogen-bond donors (Lipinski definition) is 2. The number of rotatable bonds is 6. The van der Waals surface area contributed by atoms with Gasteiger partial charge in [-0.3, -0.25) is 5.10 Å². The minimum Gasteiger partial charge on any atom is -0.378 e. The van der Waals surface area contributed by atoms with E-state index < -0.39 is 0 Å². The fraction of sp³-hybridized carbons (Fsp3) is 0.300. The molecule has 7 heteroatoms.